The van der Waals surface area contributed by atoms with E-state index in [1.165, 1.54) is 4.68 Å². The Balaban J connectivity index is 1.98. The summed E-state index contributed by atoms with van der Waals surface area (Å²) in [6.07, 6.45) is 0. The first kappa shape index (κ1) is 11.3. The van der Waals surface area contributed by atoms with Gasteiger partial charge in [0.25, 0.3) is 5.91 Å². The standard InChI is InChI=1S/C11H13N5O/c1-8-3-5-9(6-4-8)11(17)12-7-10-13-14-15-16(10)2/h3-6H,7H2,1-2H3,(H,12,17). The van der Waals surface area contributed by atoms with Crippen molar-refractivity contribution in [1.29, 1.82) is 0 Å². The van der Waals surface area contributed by atoms with Crippen LogP contribution < -0.4 is 5.32 Å². The van der Waals surface area contributed by atoms with Crippen molar-refractivity contribution in [1.82, 2.24) is 25.5 Å². The number of benzene rings is 1. The van der Waals surface area contributed by atoms with Gasteiger partial charge in [-0.3, -0.25) is 4.79 Å². The molecule has 0 unspecified atom stereocenters. The number of hydrogen-bond acceptors (Lipinski definition) is 4. The summed E-state index contributed by atoms with van der Waals surface area (Å²) in [5, 5.41) is 13.7. The van der Waals surface area contributed by atoms with Crippen LogP contribution in [0.4, 0.5) is 0 Å². The second-order valence-corrected chi connectivity index (χ2v) is 3.77. The van der Waals surface area contributed by atoms with Crippen molar-refractivity contribution < 1.29 is 4.79 Å². The van der Waals surface area contributed by atoms with Gasteiger partial charge >= 0.3 is 0 Å². The van der Waals surface area contributed by atoms with Crippen molar-refractivity contribution in [2.45, 2.75) is 13.5 Å². The Morgan fingerprint density at radius 1 is 1.35 bits per heavy atom. The zero-order valence-electron chi connectivity index (χ0n) is 9.71. The Labute approximate surface area is 98.6 Å². The summed E-state index contributed by atoms with van der Waals surface area (Å²) in [7, 11) is 1.73. The third kappa shape index (κ3) is 2.66. The lowest BCUT2D eigenvalue weighted by Crippen LogP contribution is -2.24. The highest BCUT2D eigenvalue weighted by Gasteiger charge is 2.07. The molecule has 0 aliphatic rings. The van der Waals surface area contributed by atoms with E-state index in [2.05, 4.69) is 20.8 Å². The lowest BCUT2D eigenvalue weighted by atomic mass is 10.1. The number of tetrazole rings is 1. The molecule has 0 fully saturated rings. The highest BCUT2D eigenvalue weighted by atomic mass is 16.1. The van der Waals surface area contributed by atoms with E-state index >= 15 is 0 Å². The van der Waals surface area contributed by atoms with Crippen molar-refractivity contribution in [3.8, 4) is 0 Å². The fraction of sp³-hybridized carbons (Fsp3) is 0.273. The maximum Gasteiger partial charge on any atom is 0.251 e. The molecule has 1 aromatic heterocycles. The number of aryl methyl sites for hydroxylation is 2. The molecule has 6 heteroatoms. The smallest absolute Gasteiger partial charge is 0.251 e. The molecule has 1 N–H and O–H groups in total. The summed E-state index contributed by atoms with van der Waals surface area (Å²) < 4.78 is 1.52. The molecule has 6 nitrogen and oxygen atoms in total. The van der Waals surface area contributed by atoms with E-state index in [0.29, 0.717) is 17.9 Å². The molecular formula is C11H13N5O. The van der Waals surface area contributed by atoms with E-state index in [1.54, 1.807) is 19.2 Å². The Kier molecular flexibility index (Phi) is 3.13. The molecule has 1 amide bonds. The van der Waals surface area contributed by atoms with Crippen LogP contribution in [0.3, 0.4) is 0 Å². The van der Waals surface area contributed by atoms with Gasteiger partial charge in [0, 0.05) is 12.6 Å². The number of rotatable bonds is 3. The number of aromatic nitrogens is 4. The molecule has 2 rings (SSSR count). The number of nitrogens with zero attached hydrogens (tertiary/aromatic N) is 4. The van der Waals surface area contributed by atoms with E-state index < -0.39 is 0 Å². The van der Waals surface area contributed by atoms with Gasteiger partial charge in [-0.25, -0.2) is 4.68 Å². The van der Waals surface area contributed by atoms with Crippen molar-refractivity contribution in [2.75, 3.05) is 0 Å². The highest BCUT2D eigenvalue weighted by molar-refractivity contribution is 5.94. The summed E-state index contributed by atoms with van der Waals surface area (Å²) in [6, 6.07) is 7.39. The fourth-order valence-corrected chi connectivity index (χ4v) is 1.36. The zero-order valence-corrected chi connectivity index (χ0v) is 9.71. The summed E-state index contributed by atoms with van der Waals surface area (Å²) in [5.41, 5.74) is 1.75. The molecule has 1 heterocycles. The lowest BCUT2D eigenvalue weighted by Gasteiger charge is -2.04. The van der Waals surface area contributed by atoms with Crippen molar-refractivity contribution >= 4 is 5.91 Å². The van der Waals surface area contributed by atoms with Crippen LogP contribution in [0.2, 0.25) is 0 Å². The predicted octanol–water partition coefficient (Wildman–Crippen LogP) is 0.449. The van der Waals surface area contributed by atoms with E-state index in [-0.39, 0.29) is 5.91 Å². The molecule has 2 aromatic rings. The predicted molar refractivity (Wildman–Crippen MR) is 61.1 cm³/mol. The molecule has 0 aliphatic heterocycles. The number of carbonyl (C=O) groups excluding carboxylic acids is 1. The van der Waals surface area contributed by atoms with Crippen LogP contribution in [0.1, 0.15) is 21.7 Å². The molecular weight excluding hydrogens is 218 g/mol. The lowest BCUT2D eigenvalue weighted by molar-refractivity contribution is 0.0949. The van der Waals surface area contributed by atoms with Gasteiger partial charge in [0.05, 0.1) is 6.54 Å². The molecule has 0 saturated heterocycles. The summed E-state index contributed by atoms with van der Waals surface area (Å²) in [6.45, 7) is 2.29. The van der Waals surface area contributed by atoms with Crippen LogP contribution in [0, 0.1) is 6.92 Å². The number of amides is 1. The minimum Gasteiger partial charge on any atom is -0.345 e. The normalized spacial score (nSPS) is 10.2. The first-order chi connectivity index (χ1) is 8.16. The third-order valence-electron chi connectivity index (χ3n) is 2.43. The fourth-order valence-electron chi connectivity index (χ4n) is 1.36. The first-order valence-electron chi connectivity index (χ1n) is 5.23. The average molecular weight is 231 g/mol. The molecule has 0 spiro atoms. The quantitative estimate of drug-likeness (QED) is 0.832. The molecule has 88 valence electrons. The molecule has 0 saturated carbocycles. The Bertz CT molecular complexity index is 517. The Morgan fingerprint density at radius 2 is 2.06 bits per heavy atom. The molecule has 0 radical (unpaired) electrons. The number of carbonyl (C=O) groups is 1. The van der Waals surface area contributed by atoms with Gasteiger partial charge in [-0.15, -0.1) is 5.10 Å². The van der Waals surface area contributed by atoms with E-state index in [9.17, 15) is 4.79 Å². The van der Waals surface area contributed by atoms with Gasteiger partial charge in [0.2, 0.25) is 0 Å². The molecule has 0 atom stereocenters. The van der Waals surface area contributed by atoms with Crippen molar-refractivity contribution in [3.05, 3.63) is 41.2 Å². The monoisotopic (exact) mass is 231 g/mol. The zero-order chi connectivity index (χ0) is 12.3. The topological polar surface area (TPSA) is 72.7 Å². The highest BCUT2D eigenvalue weighted by Crippen LogP contribution is 2.03. The summed E-state index contributed by atoms with van der Waals surface area (Å²) in [5.74, 6) is 0.485. The van der Waals surface area contributed by atoms with Gasteiger partial charge in [-0.05, 0) is 29.5 Å². The van der Waals surface area contributed by atoms with Crippen LogP contribution in [-0.4, -0.2) is 26.1 Å². The maximum absolute atomic E-state index is 11.8. The van der Waals surface area contributed by atoms with Gasteiger partial charge in [-0.2, -0.15) is 0 Å². The van der Waals surface area contributed by atoms with E-state index in [1.807, 2.05) is 19.1 Å². The number of hydrogen-bond donors (Lipinski definition) is 1. The summed E-state index contributed by atoms with van der Waals surface area (Å²) in [4.78, 5) is 11.8. The van der Waals surface area contributed by atoms with Gasteiger partial charge in [0.1, 0.15) is 0 Å². The average Bonchev–Trinajstić information content (AvgIpc) is 2.73. The molecule has 0 aliphatic carbocycles. The second kappa shape index (κ2) is 4.73. The summed E-state index contributed by atoms with van der Waals surface area (Å²) >= 11 is 0. The molecule has 1 aromatic carbocycles. The van der Waals surface area contributed by atoms with Crippen LogP contribution in [-0.2, 0) is 13.6 Å². The molecule has 17 heavy (non-hydrogen) atoms. The van der Waals surface area contributed by atoms with E-state index in [0.717, 1.165) is 5.56 Å². The first-order valence-corrected chi connectivity index (χ1v) is 5.23. The minimum atomic E-state index is -0.131. The largest absolute Gasteiger partial charge is 0.345 e. The van der Waals surface area contributed by atoms with Gasteiger partial charge in [-0.1, -0.05) is 17.7 Å². The van der Waals surface area contributed by atoms with Crippen LogP contribution in [0.15, 0.2) is 24.3 Å². The van der Waals surface area contributed by atoms with Gasteiger partial charge in [0.15, 0.2) is 5.82 Å². The minimum absolute atomic E-state index is 0.131. The Morgan fingerprint density at radius 3 is 2.65 bits per heavy atom. The van der Waals surface area contributed by atoms with Gasteiger partial charge < -0.3 is 5.32 Å². The van der Waals surface area contributed by atoms with Crippen LogP contribution >= 0.6 is 0 Å². The second-order valence-electron chi connectivity index (χ2n) is 3.77. The maximum atomic E-state index is 11.8. The SMILES string of the molecule is Cc1ccc(C(=O)NCc2nnnn2C)cc1. The van der Waals surface area contributed by atoms with Crippen molar-refractivity contribution in [2.24, 2.45) is 7.05 Å². The third-order valence-corrected chi connectivity index (χ3v) is 2.43. The Hall–Kier alpha value is -2.24. The van der Waals surface area contributed by atoms with E-state index in [4.69, 9.17) is 0 Å². The molecule has 0 bridgehead atoms. The number of nitrogens with one attached hydrogen (secondary N) is 1. The van der Waals surface area contributed by atoms with Crippen molar-refractivity contribution in [3.63, 3.8) is 0 Å². The van der Waals surface area contributed by atoms with Crippen LogP contribution in [0.5, 0.6) is 0 Å². The van der Waals surface area contributed by atoms with Crippen LogP contribution in [0.25, 0.3) is 0 Å².